The van der Waals surface area contributed by atoms with Gasteiger partial charge in [-0.25, -0.2) is 4.98 Å². The zero-order valence-electron chi connectivity index (χ0n) is 9.44. The molecular formula is C12H17N3S. The van der Waals surface area contributed by atoms with Crippen LogP contribution in [0.2, 0.25) is 0 Å². The van der Waals surface area contributed by atoms with Crippen molar-refractivity contribution in [1.29, 1.82) is 0 Å². The van der Waals surface area contributed by atoms with Crippen LogP contribution in [-0.4, -0.2) is 17.6 Å². The van der Waals surface area contributed by atoms with Gasteiger partial charge in [0.15, 0.2) is 5.13 Å². The Morgan fingerprint density at radius 3 is 3.00 bits per heavy atom. The highest BCUT2D eigenvalue weighted by Crippen LogP contribution is 2.26. The van der Waals surface area contributed by atoms with Gasteiger partial charge >= 0.3 is 0 Å². The first-order valence-electron chi connectivity index (χ1n) is 5.62. The van der Waals surface area contributed by atoms with Crippen LogP contribution in [0.5, 0.6) is 0 Å². The molecule has 1 atom stereocenters. The van der Waals surface area contributed by atoms with Crippen LogP contribution < -0.4 is 11.1 Å². The lowest BCUT2D eigenvalue weighted by molar-refractivity contribution is 0.663. The molecule has 1 aromatic carbocycles. The van der Waals surface area contributed by atoms with Crippen LogP contribution in [0.25, 0.3) is 10.2 Å². The lowest BCUT2D eigenvalue weighted by Crippen LogP contribution is -2.16. The molecule has 1 aromatic heterocycles. The Bertz CT molecular complexity index is 419. The zero-order valence-corrected chi connectivity index (χ0v) is 10.3. The number of hydrogen-bond acceptors (Lipinski definition) is 4. The fourth-order valence-corrected chi connectivity index (χ4v) is 2.62. The second kappa shape index (κ2) is 5.27. The van der Waals surface area contributed by atoms with Crippen molar-refractivity contribution >= 4 is 26.7 Å². The van der Waals surface area contributed by atoms with Crippen LogP contribution in [0, 0.1) is 0 Å². The average molecular weight is 235 g/mol. The normalized spacial score (nSPS) is 12.9. The van der Waals surface area contributed by atoms with Gasteiger partial charge in [-0.15, -0.1) is 0 Å². The number of nitrogens with one attached hydrogen (secondary N) is 1. The molecular weight excluding hydrogens is 218 g/mol. The van der Waals surface area contributed by atoms with Gasteiger partial charge in [0.05, 0.1) is 10.2 Å². The molecule has 0 saturated heterocycles. The summed E-state index contributed by atoms with van der Waals surface area (Å²) in [6, 6.07) is 8.64. The quantitative estimate of drug-likeness (QED) is 0.838. The Morgan fingerprint density at radius 1 is 1.44 bits per heavy atom. The van der Waals surface area contributed by atoms with E-state index in [0.717, 1.165) is 30.0 Å². The molecule has 0 aliphatic heterocycles. The summed E-state index contributed by atoms with van der Waals surface area (Å²) in [5.41, 5.74) is 6.56. The van der Waals surface area contributed by atoms with Crippen molar-refractivity contribution in [2.24, 2.45) is 5.73 Å². The van der Waals surface area contributed by atoms with Gasteiger partial charge in [0.1, 0.15) is 0 Å². The molecule has 0 bridgehead atoms. The van der Waals surface area contributed by atoms with E-state index in [0.29, 0.717) is 6.04 Å². The van der Waals surface area contributed by atoms with E-state index in [1.165, 1.54) is 4.70 Å². The van der Waals surface area contributed by atoms with E-state index in [1.54, 1.807) is 11.3 Å². The number of aromatic nitrogens is 1. The highest BCUT2D eigenvalue weighted by Gasteiger charge is 2.06. The first kappa shape index (κ1) is 11.4. The zero-order chi connectivity index (χ0) is 11.4. The van der Waals surface area contributed by atoms with Gasteiger partial charge in [-0.05, 0) is 38.4 Å². The van der Waals surface area contributed by atoms with Crippen LogP contribution in [-0.2, 0) is 0 Å². The Balaban J connectivity index is 2.03. The maximum atomic E-state index is 5.49. The van der Waals surface area contributed by atoms with E-state index in [1.807, 2.05) is 18.2 Å². The molecule has 1 heterocycles. The van der Waals surface area contributed by atoms with Gasteiger partial charge < -0.3 is 11.1 Å². The number of thiazole rings is 1. The van der Waals surface area contributed by atoms with Crippen LogP contribution in [0.3, 0.4) is 0 Å². The number of para-hydroxylation sites is 1. The number of fused-ring (bicyclic) bond motifs is 1. The van der Waals surface area contributed by atoms with E-state index < -0.39 is 0 Å². The van der Waals surface area contributed by atoms with Gasteiger partial charge in [0.25, 0.3) is 0 Å². The Morgan fingerprint density at radius 2 is 2.25 bits per heavy atom. The maximum Gasteiger partial charge on any atom is 0.183 e. The Kier molecular flexibility index (Phi) is 3.74. The fourth-order valence-electron chi connectivity index (χ4n) is 1.64. The minimum absolute atomic E-state index is 0.434. The monoisotopic (exact) mass is 235 g/mol. The third-order valence-corrected chi connectivity index (χ3v) is 3.47. The van der Waals surface area contributed by atoms with Gasteiger partial charge in [-0.1, -0.05) is 23.5 Å². The summed E-state index contributed by atoms with van der Waals surface area (Å²) >= 11 is 1.71. The largest absolute Gasteiger partial charge is 0.359 e. The van der Waals surface area contributed by atoms with Crippen molar-refractivity contribution in [3.8, 4) is 0 Å². The summed E-state index contributed by atoms with van der Waals surface area (Å²) in [5, 5.41) is 4.42. The summed E-state index contributed by atoms with van der Waals surface area (Å²) in [7, 11) is 0. The molecule has 0 aliphatic rings. The molecule has 0 saturated carbocycles. The topological polar surface area (TPSA) is 50.9 Å². The first-order valence-corrected chi connectivity index (χ1v) is 6.43. The van der Waals surface area contributed by atoms with Crippen molar-refractivity contribution in [3.05, 3.63) is 24.3 Å². The fraction of sp³-hybridized carbons (Fsp3) is 0.417. The highest BCUT2D eigenvalue weighted by atomic mass is 32.1. The van der Waals surface area contributed by atoms with Gasteiger partial charge in [0.2, 0.25) is 0 Å². The maximum absolute atomic E-state index is 5.49. The highest BCUT2D eigenvalue weighted by molar-refractivity contribution is 7.22. The number of nitrogens with two attached hydrogens (primary N) is 1. The van der Waals surface area contributed by atoms with Crippen LogP contribution in [0.4, 0.5) is 5.13 Å². The molecule has 0 radical (unpaired) electrons. The average Bonchev–Trinajstić information content (AvgIpc) is 2.68. The Labute approximate surface area is 99.7 Å². The molecule has 0 fully saturated rings. The standard InChI is InChI=1S/C12H17N3S/c1-9(5-4-8-13)14-12-15-10-6-2-3-7-11(10)16-12/h2-3,6-7,9H,4-5,8,13H2,1H3,(H,14,15). The number of rotatable bonds is 5. The van der Waals surface area contributed by atoms with Crippen molar-refractivity contribution in [1.82, 2.24) is 4.98 Å². The molecule has 4 heteroatoms. The second-order valence-electron chi connectivity index (χ2n) is 3.96. The predicted octanol–water partition coefficient (Wildman–Crippen LogP) is 2.84. The van der Waals surface area contributed by atoms with Crippen LogP contribution in [0.1, 0.15) is 19.8 Å². The van der Waals surface area contributed by atoms with E-state index in [2.05, 4.69) is 23.3 Å². The number of hydrogen-bond donors (Lipinski definition) is 2. The minimum Gasteiger partial charge on any atom is -0.359 e. The molecule has 0 amide bonds. The molecule has 2 aromatic rings. The summed E-state index contributed by atoms with van der Waals surface area (Å²) in [4.78, 5) is 4.54. The van der Waals surface area contributed by atoms with E-state index in [4.69, 9.17) is 5.73 Å². The number of benzene rings is 1. The van der Waals surface area contributed by atoms with Gasteiger partial charge in [-0.3, -0.25) is 0 Å². The molecule has 0 aliphatic carbocycles. The third kappa shape index (κ3) is 2.71. The van der Waals surface area contributed by atoms with E-state index in [9.17, 15) is 0 Å². The molecule has 86 valence electrons. The lowest BCUT2D eigenvalue weighted by atomic mass is 10.2. The van der Waals surface area contributed by atoms with Gasteiger partial charge in [0, 0.05) is 6.04 Å². The first-order chi connectivity index (χ1) is 7.79. The molecule has 0 spiro atoms. The minimum atomic E-state index is 0.434. The third-order valence-electron chi connectivity index (χ3n) is 2.51. The summed E-state index contributed by atoms with van der Waals surface area (Å²) in [6.07, 6.45) is 2.14. The van der Waals surface area contributed by atoms with Crippen LogP contribution >= 0.6 is 11.3 Å². The number of anilines is 1. The SMILES string of the molecule is CC(CCCN)Nc1nc2ccccc2s1. The molecule has 3 N–H and O–H groups in total. The van der Waals surface area contributed by atoms with Gasteiger partial charge in [-0.2, -0.15) is 0 Å². The summed E-state index contributed by atoms with van der Waals surface area (Å²) in [6.45, 7) is 2.92. The Hall–Kier alpha value is -1.13. The molecule has 2 rings (SSSR count). The molecule has 16 heavy (non-hydrogen) atoms. The van der Waals surface area contributed by atoms with Crippen molar-refractivity contribution in [3.63, 3.8) is 0 Å². The summed E-state index contributed by atoms with van der Waals surface area (Å²) < 4.78 is 1.23. The smallest absolute Gasteiger partial charge is 0.183 e. The van der Waals surface area contributed by atoms with Crippen molar-refractivity contribution in [2.45, 2.75) is 25.8 Å². The number of nitrogens with zero attached hydrogens (tertiary/aromatic N) is 1. The van der Waals surface area contributed by atoms with Crippen molar-refractivity contribution in [2.75, 3.05) is 11.9 Å². The van der Waals surface area contributed by atoms with E-state index in [-0.39, 0.29) is 0 Å². The molecule has 1 unspecified atom stereocenters. The van der Waals surface area contributed by atoms with Crippen molar-refractivity contribution < 1.29 is 0 Å². The predicted molar refractivity (Wildman–Crippen MR) is 71.0 cm³/mol. The van der Waals surface area contributed by atoms with E-state index >= 15 is 0 Å². The second-order valence-corrected chi connectivity index (χ2v) is 4.99. The lowest BCUT2D eigenvalue weighted by Gasteiger charge is -2.11. The van der Waals surface area contributed by atoms with Crippen LogP contribution in [0.15, 0.2) is 24.3 Å². The molecule has 3 nitrogen and oxygen atoms in total. The summed E-state index contributed by atoms with van der Waals surface area (Å²) in [5.74, 6) is 0.